The van der Waals surface area contributed by atoms with E-state index in [9.17, 15) is 4.79 Å². The van der Waals surface area contributed by atoms with Gasteiger partial charge in [0.1, 0.15) is 10.3 Å². The summed E-state index contributed by atoms with van der Waals surface area (Å²) >= 11 is 1.35. The Hall–Kier alpha value is -2.41. The Morgan fingerprint density at radius 2 is 1.96 bits per heavy atom. The lowest BCUT2D eigenvalue weighted by atomic mass is 10.1. The first-order valence-corrected chi connectivity index (χ1v) is 8.59. The number of aromatic nitrogens is 4. The van der Waals surface area contributed by atoms with Gasteiger partial charge >= 0.3 is 5.97 Å². The summed E-state index contributed by atoms with van der Waals surface area (Å²) in [5.41, 5.74) is 2.79. The maximum Gasteiger partial charge on any atom is 0.319 e. The lowest BCUT2D eigenvalue weighted by molar-refractivity contribution is -0.142. The van der Waals surface area contributed by atoms with Gasteiger partial charge < -0.3 is 4.74 Å². The van der Waals surface area contributed by atoms with Crippen molar-refractivity contribution in [3.05, 3.63) is 42.0 Å². The van der Waals surface area contributed by atoms with E-state index in [0.29, 0.717) is 18.1 Å². The highest BCUT2D eigenvalue weighted by Gasteiger charge is 2.17. The van der Waals surface area contributed by atoms with Gasteiger partial charge in [0.05, 0.1) is 6.61 Å². The van der Waals surface area contributed by atoms with Crippen molar-refractivity contribution in [2.75, 3.05) is 6.61 Å². The SMILES string of the molecule is CCOC(=O)C(C)Sc1ccc2nnc(-c3ccc(C)cc3)n2n1. The van der Waals surface area contributed by atoms with E-state index < -0.39 is 0 Å². The van der Waals surface area contributed by atoms with Crippen molar-refractivity contribution in [1.82, 2.24) is 19.8 Å². The van der Waals surface area contributed by atoms with E-state index in [-0.39, 0.29) is 11.2 Å². The number of rotatable bonds is 5. The number of carbonyl (C=O) groups is 1. The summed E-state index contributed by atoms with van der Waals surface area (Å²) in [6, 6.07) is 11.7. The van der Waals surface area contributed by atoms with Crippen molar-refractivity contribution < 1.29 is 9.53 Å². The van der Waals surface area contributed by atoms with Crippen LogP contribution in [0.25, 0.3) is 17.0 Å². The standard InChI is InChI=1S/C17H18N4O2S/c1-4-23-17(22)12(3)24-15-10-9-14-18-19-16(21(14)20-15)13-7-5-11(2)6-8-13/h5-10,12H,4H2,1-3H3. The Morgan fingerprint density at radius 3 is 2.67 bits per heavy atom. The molecule has 0 radical (unpaired) electrons. The van der Waals surface area contributed by atoms with Crippen molar-refractivity contribution in [2.24, 2.45) is 0 Å². The summed E-state index contributed by atoms with van der Waals surface area (Å²) in [7, 11) is 0. The van der Waals surface area contributed by atoms with Gasteiger partial charge in [-0.1, -0.05) is 41.6 Å². The molecule has 0 fully saturated rings. The summed E-state index contributed by atoms with van der Waals surface area (Å²) in [4.78, 5) is 11.8. The van der Waals surface area contributed by atoms with Crippen LogP contribution in [0.5, 0.6) is 0 Å². The summed E-state index contributed by atoms with van der Waals surface area (Å²) in [6.07, 6.45) is 0. The first-order valence-electron chi connectivity index (χ1n) is 7.71. The number of hydrogen-bond acceptors (Lipinski definition) is 6. The summed E-state index contributed by atoms with van der Waals surface area (Å²) in [6.45, 7) is 6.01. The van der Waals surface area contributed by atoms with Crippen LogP contribution in [-0.2, 0) is 9.53 Å². The van der Waals surface area contributed by atoms with Crippen molar-refractivity contribution in [3.63, 3.8) is 0 Å². The number of thioether (sulfide) groups is 1. The van der Waals surface area contributed by atoms with Gasteiger partial charge in [-0.15, -0.1) is 10.2 Å². The molecule has 3 aromatic rings. The van der Waals surface area contributed by atoms with Crippen molar-refractivity contribution in [2.45, 2.75) is 31.0 Å². The second-order valence-corrected chi connectivity index (χ2v) is 6.70. The monoisotopic (exact) mass is 342 g/mol. The molecule has 3 rings (SSSR count). The predicted molar refractivity (Wildman–Crippen MR) is 92.9 cm³/mol. The maximum absolute atomic E-state index is 11.8. The molecule has 0 saturated carbocycles. The molecule has 0 aliphatic rings. The van der Waals surface area contributed by atoms with Gasteiger partial charge in [0, 0.05) is 5.56 Å². The molecule has 1 unspecified atom stereocenters. The van der Waals surface area contributed by atoms with Gasteiger partial charge in [0.25, 0.3) is 0 Å². The minimum Gasteiger partial charge on any atom is -0.465 e. The molecule has 124 valence electrons. The molecule has 0 bridgehead atoms. The number of fused-ring (bicyclic) bond motifs is 1. The van der Waals surface area contributed by atoms with Gasteiger partial charge in [0.2, 0.25) is 0 Å². The third-order valence-corrected chi connectivity index (χ3v) is 4.47. The maximum atomic E-state index is 11.8. The summed E-state index contributed by atoms with van der Waals surface area (Å²) in [5.74, 6) is 0.433. The number of benzene rings is 1. The van der Waals surface area contributed by atoms with Crippen LogP contribution >= 0.6 is 11.8 Å². The average Bonchev–Trinajstić information content (AvgIpc) is 2.99. The highest BCUT2D eigenvalue weighted by atomic mass is 32.2. The van der Waals surface area contributed by atoms with Crippen molar-refractivity contribution in [3.8, 4) is 11.4 Å². The Kier molecular flexibility index (Phi) is 4.80. The topological polar surface area (TPSA) is 69.4 Å². The number of nitrogens with zero attached hydrogens (tertiary/aromatic N) is 4. The quantitative estimate of drug-likeness (QED) is 0.524. The molecular weight excluding hydrogens is 324 g/mol. The highest BCUT2D eigenvalue weighted by molar-refractivity contribution is 8.00. The molecule has 0 spiro atoms. The molecule has 0 saturated heterocycles. The zero-order valence-corrected chi connectivity index (χ0v) is 14.6. The van der Waals surface area contributed by atoms with Crippen LogP contribution in [0.15, 0.2) is 41.4 Å². The van der Waals surface area contributed by atoms with Gasteiger partial charge in [-0.25, -0.2) is 0 Å². The van der Waals surface area contributed by atoms with Gasteiger partial charge in [-0.05, 0) is 32.9 Å². The summed E-state index contributed by atoms with van der Waals surface area (Å²) in [5, 5.41) is 13.3. The lowest BCUT2D eigenvalue weighted by Crippen LogP contribution is -2.17. The van der Waals surface area contributed by atoms with Crippen LogP contribution in [0.1, 0.15) is 19.4 Å². The van der Waals surface area contributed by atoms with Crippen LogP contribution in [0.3, 0.4) is 0 Å². The van der Waals surface area contributed by atoms with E-state index in [4.69, 9.17) is 4.74 Å². The second kappa shape index (κ2) is 7.00. The van der Waals surface area contributed by atoms with Crippen LogP contribution < -0.4 is 0 Å². The number of ether oxygens (including phenoxy) is 1. The fourth-order valence-corrected chi connectivity index (χ4v) is 3.01. The van der Waals surface area contributed by atoms with Crippen LogP contribution in [0.2, 0.25) is 0 Å². The summed E-state index contributed by atoms with van der Waals surface area (Å²) < 4.78 is 6.73. The van der Waals surface area contributed by atoms with E-state index >= 15 is 0 Å². The Morgan fingerprint density at radius 1 is 1.21 bits per heavy atom. The van der Waals surface area contributed by atoms with E-state index in [0.717, 1.165) is 10.6 Å². The first kappa shape index (κ1) is 16.4. The van der Waals surface area contributed by atoms with Crippen LogP contribution in [0, 0.1) is 6.92 Å². The first-order chi connectivity index (χ1) is 11.6. The molecule has 0 amide bonds. The molecule has 0 N–H and O–H groups in total. The Labute approximate surface area is 144 Å². The Balaban J connectivity index is 1.91. The fourth-order valence-electron chi connectivity index (χ4n) is 2.21. The number of hydrogen-bond donors (Lipinski definition) is 0. The van der Waals surface area contributed by atoms with Crippen LogP contribution in [0.4, 0.5) is 0 Å². The second-order valence-electron chi connectivity index (χ2n) is 5.34. The van der Waals surface area contributed by atoms with E-state index in [1.54, 1.807) is 11.4 Å². The third kappa shape index (κ3) is 3.41. The van der Waals surface area contributed by atoms with E-state index in [1.165, 1.54) is 17.3 Å². The molecule has 2 heterocycles. The molecule has 2 aromatic heterocycles. The van der Waals surface area contributed by atoms with Gasteiger partial charge in [-0.2, -0.15) is 9.61 Å². The van der Waals surface area contributed by atoms with Crippen molar-refractivity contribution >= 4 is 23.4 Å². The van der Waals surface area contributed by atoms with Crippen molar-refractivity contribution in [1.29, 1.82) is 0 Å². The number of aryl methyl sites for hydroxylation is 1. The third-order valence-electron chi connectivity index (χ3n) is 3.46. The normalized spacial score (nSPS) is 12.3. The number of carbonyl (C=O) groups excluding carboxylic acids is 1. The molecular formula is C17H18N4O2S. The zero-order chi connectivity index (χ0) is 17.1. The minimum absolute atomic E-state index is 0.244. The molecule has 1 aromatic carbocycles. The Bertz CT molecular complexity index is 861. The fraction of sp³-hybridized carbons (Fsp3) is 0.294. The smallest absolute Gasteiger partial charge is 0.319 e. The molecule has 1 atom stereocenters. The molecule has 0 aliphatic heterocycles. The average molecular weight is 342 g/mol. The lowest BCUT2D eigenvalue weighted by Gasteiger charge is -2.09. The largest absolute Gasteiger partial charge is 0.465 e. The zero-order valence-electron chi connectivity index (χ0n) is 13.8. The minimum atomic E-state index is -0.325. The predicted octanol–water partition coefficient (Wildman–Crippen LogP) is 3.14. The molecule has 24 heavy (non-hydrogen) atoms. The molecule has 0 aliphatic carbocycles. The molecule has 6 nitrogen and oxygen atoms in total. The molecule has 7 heteroatoms. The highest BCUT2D eigenvalue weighted by Crippen LogP contribution is 2.24. The number of esters is 1. The van der Waals surface area contributed by atoms with E-state index in [2.05, 4.69) is 15.3 Å². The van der Waals surface area contributed by atoms with Gasteiger partial charge in [-0.3, -0.25) is 4.79 Å². The van der Waals surface area contributed by atoms with Crippen LogP contribution in [-0.4, -0.2) is 37.6 Å². The van der Waals surface area contributed by atoms with E-state index in [1.807, 2.05) is 50.2 Å². The van der Waals surface area contributed by atoms with Gasteiger partial charge in [0.15, 0.2) is 11.5 Å².